The summed E-state index contributed by atoms with van der Waals surface area (Å²) < 4.78 is 50.0. The summed E-state index contributed by atoms with van der Waals surface area (Å²) in [4.78, 5) is 4.25. The fourth-order valence-corrected chi connectivity index (χ4v) is 3.00. The van der Waals surface area contributed by atoms with Crippen molar-refractivity contribution in [2.45, 2.75) is 11.3 Å². The van der Waals surface area contributed by atoms with Crippen LogP contribution in [0.25, 0.3) is 22.9 Å². The predicted octanol–water partition coefficient (Wildman–Crippen LogP) is 2.59. The Morgan fingerprint density at radius 3 is 2.72 bits per heavy atom. The van der Waals surface area contributed by atoms with Crippen LogP contribution in [-0.2, 0) is 6.18 Å². The molecule has 0 saturated heterocycles. The smallest absolute Gasteiger partial charge is 0.416 e. The summed E-state index contributed by atoms with van der Waals surface area (Å²) >= 11 is 1.22. The second-order valence-corrected chi connectivity index (χ2v) is 6.53. The Morgan fingerprint density at radius 1 is 1.31 bits per heavy atom. The van der Waals surface area contributed by atoms with Gasteiger partial charge in [0.15, 0.2) is 11.6 Å². The monoisotopic (exact) mass is 427 g/mol. The van der Waals surface area contributed by atoms with Gasteiger partial charge in [0.05, 0.1) is 18.4 Å². The van der Waals surface area contributed by atoms with Gasteiger partial charge in [-0.3, -0.25) is 5.10 Å². The van der Waals surface area contributed by atoms with Crippen molar-refractivity contribution in [3.63, 3.8) is 0 Å². The lowest BCUT2D eigenvalue weighted by molar-refractivity contribution is -0.137. The summed E-state index contributed by atoms with van der Waals surface area (Å²) in [5.74, 6) is 12.0. The van der Waals surface area contributed by atoms with Crippen molar-refractivity contribution in [1.29, 1.82) is 0 Å². The average Bonchev–Trinajstić information content (AvgIpc) is 3.37. The number of hydrazone groups is 1. The fraction of sp³-hybridized carbons (Fsp3) is 0.188. The van der Waals surface area contributed by atoms with Gasteiger partial charge in [0.25, 0.3) is 0 Å². The lowest BCUT2D eigenvalue weighted by Gasteiger charge is -2.10. The van der Waals surface area contributed by atoms with E-state index < -0.39 is 11.7 Å². The largest absolute Gasteiger partial charge is 0.497 e. The van der Waals surface area contributed by atoms with E-state index in [-0.39, 0.29) is 17.1 Å². The highest BCUT2D eigenvalue weighted by Crippen LogP contribution is 2.36. The van der Waals surface area contributed by atoms with Crippen LogP contribution >= 0.6 is 11.8 Å². The third-order valence-electron chi connectivity index (χ3n) is 3.72. The highest BCUT2D eigenvalue weighted by atomic mass is 32.2. The average molecular weight is 427 g/mol. The van der Waals surface area contributed by atoms with E-state index in [1.165, 1.54) is 31.0 Å². The molecule has 154 valence electrons. The maximum atomic E-state index is 13.1. The zero-order chi connectivity index (χ0) is 21.0. The first-order valence-electron chi connectivity index (χ1n) is 7.99. The van der Waals surface area contributed by atoms with Gasteiger partial charge in [-0.1, -0.05) is 11.8 Å². The molecule has 0 aliphatic rings. The molecule has 0 fully saturated rings. The maximum absolute atomic E-state index is 13.1. The number of alkyl halides is 3. The number of H-pyrrole nitrogens is 1. The first kappa shape index (κ1) is 20.5. The Labute approximate surface area is 166 Å². The van der Waals surface area contributed by atoms with Gasteiger partial charge in [-0.05, 0) is 30.3 Å². The standard InChI is InChI=1S/C16H16F3N7O2S/c1-27-10-5-8(4-9(6-10)16(17,18)19)11-2-3-12(28-11)14-22-15(26-25-14)29-7-13(23-20)24-21/h2-6H,7,20-21H2,1H3,(H,23,24)(H,22,25,26). The number of benzene rings is 1. The van der Waals surface area contributed by atoms with E-state index in [0.717, 1.165) is 12.1 Å². The molecular formula is C16H16F3N7O2S. The van der Waals surface area contributed by atoms with Crippen molar-refractivity contribution in [3.05, 3.63) is 35.9 Å². The summed E-state index contributed by atoms with van der Waals surface area (Å²) in [6.07, 6.45) is -4.51. The number of amidine groups is 1. The van der Waals surface area contributed by atoms with Crippen molar-refractivity contribution >= 4 is 17.6 Å². The number of aromatic amines is 1. The number of ether oxygens (including phenoxy) is 1. The van der Waals surface area contributed by atoms with Crippen LogP contribution in [0.2, 0.25) is 0 Å². The van der Waals surface area contributed by atoms with E-state index in [1.54, 1.807) is 6.07 Å². The number of aromatic nitrogens is 3. The minimum absolute atomic E-state index is 0.0667. The number of nitrogens with two attached hydrogens (primary N) is 2. The molecule has 3 aromatic rings. The van der Waals surface area contributed by atoms with E-state index in [9.17, 15) is 13.2 Å². The number of furan rings is 1. The zero-order valence-corrected chi connectivity index (χ0v) is 15.8. The minimum Gasteiger partial charge on any atom is -0.497 e. The van der Waals surface area contributed by atoms with Crippen LogP contribution in [-0.4, -0.2) is 33.9 Å². The van der Waals surface area contributed by atoms with E-state index in [1.807, 2.05) is 0 Å². The number of hydrogen-bond donors (Lipinski definition) is 4. The molecule has 6 N–H and O–H groups in total. The Balaban J connectivity index is 1.83. The normalized spacial score (nSPS) is 12.2. The van der Waals surface area contributed by atoms with Crippen molar-refractivity contribution in [3.8, 4) is 28.7 Å². The molecule has 0 unspecified atom stereocenters. The highest BCUT2D eigenvalue weighted by molar-refractivity contribution is 7.99. The van der Waals surface area contributed by atoms with Crippen LogP contribution in [0.1, 0.15) is 5.56 Å². The van der Waals surface area contributed by atoms with E-state index in [2.05, 4.69) is 25.7 Å². The van der Waals surface area contributed by atoms with Gasteiger partial charge in [0.1, 0.15) is 17.3 Å². The molecular weight excluding hydrogens is 411 g/mol. The molecule has 0 bridgehead atoms. The molecule has 0 radical (unpaired) electrons. The number of nitrogens with zero attached hydrogens (tertiary/aromatic N) is 3. The number of halogens is 3. The molecule has 13 heteroatoms. The third-order valence-corrected chi connectivity index (χ3v) is 4.58. The van der Waals surface area contributed by atoms with Crippen LogP contribution in [0.15, 0.2) is 45.0 Å². The lowest BCUT2D eigenvalue weighted by atomic mass is 10.1. The zero-order valence-electron chi connectivity index (χ0n) is 14.9. The Kier molecular flexibility index (Phi) is 5.98. The fourth-order valence-electron chi connectivity index (χ4n) is 2.31. The highest BCUT2D eigenvalue weighted by Gasteiger charge is 2.31. The second-order valence-electron chi connectivity index (χ2n) is 5.59. The third kappa shape index (κ3) is 4.81. The maximum Gasteiger partial charge on any atom is 0.416 e. The topological polar surface area (TPSA) is 140 Å². The molecule has 0 amide bonds. The lowest BCUT2D eigenvalue weighted by Crippen LogP contribution is -2.33. The first-order chi connectivity index (χ1) is 13.8. The Morgan fingerprint density at radius 2 is 2.07 bits per heavy atom. The van der Waals surface area contributed by atoms with Gasteiger partial charge in [-0.15, -0.1) is 5.10 Å². The van der Waals surface area contributed by atoms with Gasteiger partial charge >= 0.3 is 6.18 Å². The van der Waals surface area contributed by atoms with E-state index in [4.69, 9.17) is 20.8 Å². The Bertz CT molecular complexity index is 1020. The van der Waals surface area contributed by atoms with Crippen LogP contribution < -0.4 is 21.8 Å². The van der Waals surface area contributed by atoms with Gasteiger partial charge in [0, 0.05) is 5.56 Å². The number of thioether (sulfide) groups is 1. The summed E-state index contributed by atoms with van der Waals surface area (Å²) in [5, 5.41) is 10.6. The van der Waals surface area contributed by atoms with Crippen molar-refractivity contribution < 1.29 is 22.3 Å². The summed E-state index contributed by atoms with van der Waals surface area (Å²) in [6.45, 7) is 0. The van der Waals surface area contributed by atoms with Gasteiger partial charge < -0.3 is 20.4 Å². The molecule has 29 heavy (non-hydrogen) atoms. The van der Waals surface area contributed by atoms with Gasteiger partial charge in [-0.25, -0.2) is 5.84 Å². The minimum atomic E-state index is -4.51. The molecule has 2 heterocycles. The van der Waals surface area contributed by atoms with E-state index >= 15 is 0 Å². The molecule has 0 spiro atoms. The van der Waals surface area contributed by atoms with Crippen molar-refractivity contribution in [2.75, 3.05) is 12.9 Å². The van der Waals surface area contributed by atoms with Gasteiger partial charge in [-0.2, -0.15) is 23.3 Å². The number of rotatable bonds is 6. The van der Waals surface area contributed by atoms with Crippen LogP contribution in [0.4, 0.5) is 13.2 Å². The molecule has 0 saturated carbocycles. The molecule has 9 nitrogen and oxygen atoms in total. The van der Waals surface area contributed by atoms with E-state index in [0.29, 0.717) is 28.3 Å². The molecule has 1 aromatic carbocycles. The molecule has 0 aliphatic carbocycles. The van der Waals surface area contributed by atoms with Gasteiger partial charge in [0.2, 0.25) is 5.16 Å². The summed E-state index contributed by atoms with van der Waals surface area (Å²) in [7, 11) is 1.29. The Hall–Kier alpha value is -3.19. The van der Waals surface area contributed by atoms with Crippen LogP contribution in [0.5, 0.6) is 5.75 Å². The quantitative estimate of drug-likeness (QED) is 0.155. The summed E-state index contributed by atoms with van der Waals surface area (Å²) in [6, 6.07) is 6.47. The number of nitrogens with one attached hydrogen (secondary N) is 2. The summed E-state index contributed by atoms with van der Waals surface area (Å²) in [5.41, 5.74) is 1.71. The molecule has 3 rings (SSSR count). The SMILES string of the molecule is COc1cc(-c2ccc(-c3nc(SC/C(=N/N)NN)n[nH]3)o2)cc(C(F)(F)F)c1. The van der Waals surface area contributed by atoms with Crippen LogP contribution in [0, 0.1) is 0 Å². The molecule has 0 atom stereocenters. The second kappa shape index (κ2) is 8.45. The van der Waals surface area contributed by atoms with Crippen molar-refractivity contribution in [1.82, 2.24) is 20.6 Å². The first-order valence-corrected chi connectivity index (χ1v) is 8.98. The number of methoxy groups -OCH3 is 1. The number of hydrazine groups is 1. The molecule has 2 aromatic heterocycles. The molecule has 0 aliphatic heterocycles. The predicted molar refractivity (Wildman–Crippen MR) is 101 cm³/mol. The number of hydrogen-bond acceptors (Lipinski definition) is 8. The van der Waals surface area contributed by atoms with Crippen LogP contribution in [0.3, 0.4) is 0 Å². The van der Waals surface area contributed by atoms with Crippen molar-refractivity contribution in [2.24, 2.45) is 16.8 Å².